The third kappa shape index (κ3) is 1.45. The molecule has 0 aliphatic carbocycles. The fourth-order valence-electron chi connectivity index (χ4n) is 1.85. The van der Waals surface area contributed by atoms with Gasteiger partial charge in [0, 0.05) is 27.7 Å². The number of rotatable bonds is 1. The minimum absolute atomic E-state index is 0.767. The SMILES string of the molecule is OSc1cccc2nc3ccccc3cc12. The van der Waals surface area contributed by atoms with Crippen LogP contribution in [0.1, 0.15) is 0 Å². The molecule has 3 aromatic rings. The number of aromatic nitrogens is 1. The number of nitrogens with zero attached hydrogens (tertiary/aromatic N) is 1. The molecule has 0 aliphatic heterocycles. The molecular weight excluding hydrogens is 218 g/mol. The second-order valence-corrected chi connectivity index (χ2v) is 4.22. The topological polar surface area (TPSA) is 33.1 Å². The van der Waals surface area contributed by atoms with Crippen molar-refractivity contribution in [3.05, 3.63) is 48.5 Å². The Bertz CT molecular complexity index is 666. The molecule has 0 aliphatic rings. The zero-order chi connectivity index (χ0) is 11.0. The minimum atomic E-state index is 0.767. The predicted octanol–water partition coefficient (Wildman–Crippen LogP) is 3.95. The van der Waals surface area contributed by atoms with Crippen molar-refractivity contribution in [1.29, 1.82) is 0 Å². The van der Waals surface area contributed by atoms with Gasteiger partial charge in [0.1, 0.15) is 0 Å². The van der Waals surface area contributed by atoms with Crippen LogP contribution in [0.3, 0.4) is 0 Å². The first kappa shape index (κ1) is 9.63. The van der Waals surface area contributed by atoms with Crippen LogP contribution >= 0.6 is 12.0 Å². The Morgan fingerprint density at radius 3 is 2.62 bits per heavy atom. The van der Waals surface area contributed by atoms with E-state index in [2.05, 4.69) is 11.1 Å². The molecule has 0 fully saturated rings. The predicted molar refractivity (Wildman–Crippen MR) is 67.7 cm³/mol. The van der Waals surface area contributed by atoms with Crippen LogP contribution in [-0.4, -0.2) is 9.54 Å². The van der Waals surface area contributed by atoms with Gasteiger partial charge in [-0.15, -0.1) is 0 Å². The van der Waals surface area contributed by atoms with Crippen molar-refractivity contribution in [2.75, 3.05) is 0 Å². The lowest BCUT2D eigenvalue weighted by molar-refractivity contribution is 0.664. The quantitative estimate of drug-likeness (QED) is 0.504. The van der Waals surface area contributed by atoms with Gasteiger partial charge in [0.2, 0.25) is 0 Å². The first-order valence-corrected chi connectivity index (χ1v) is 5.76. The van der Waals surface area contributed by atoms with Crippen molar-refractivity contribution in [3.63, 3.8) is 0 Å². The summed E-state index contributed by atoms with van der Waals surface area (Å²) in [4.78, 5) is 5.41. The molecule has 1 aromatic heterocycles. The van der Waals surface area contributed by atoms with Crippen molar-refractivity contribution >= 4 is 33.8 Å². The summed E-state index contributed by atoms with van der Waals surface area (Å²) in [6, 6.07) is 15.8. The average Bonchev–Trinajstić information content (AvgIpc) is 2.35. The van der Waals surface area contributed by atoms with Gasteiger partial charge in [0.15, 0.2) is 0 Å². The van der Waals surface area contributed by atoms with Crippen molar-refractivity contribution in [2.45, 2.75) is 4.90 Å². The van der Waals surface area contributed by atoms with Crippen LogP contribution in [0, 0.1) is 0 Å². The van der Waals surface area contributed by atoms with Crippen molar-refractivity contribution in [1.82, 2.24) is 4.98 Å². The van der Waals surface area contributed by atoms with E-state index in [1.807, 2.05) is 42.5 Å². The summed E-state index contributed by atoms with van der Waals surface area (Å²) in [6.07, 6.45) is 0. The molecule has 16 heavy (non-hydrogen) atoms. The highest BCUT2D eigenvalue weighted by Crippen LogP contribution is 2.27. The number of hydrogen-bond acceptors (Lipinski definition) is 3. The Labute approximate surface area is 97.1 Å². The monoisotopic (exact) mass is 227 g/mol. The molecule has 0 saturated heterocycles. The molecule has 2 nitrogen and oxygen atoms in total. The Morgan fingerprint density at radius 1 is 0.938 bits per heavy atom. The van der Waals surface area contributed by atoms with E-state index >= 15 is 0 Å². The summed E-state index contributed by atoms with van der Waals surface area (Å²) >= 11 is 0.767. The summed E-state index contributed by atoms with van der Waals surface area (Å²) in [7, 11) is 0. The number of pyridine rings is 1. The Hall–Kier alpha value is -1.58. The molecular formula is C13H9NOS. The highest BCUT2D eigenvalue weighted by atomic mass is 32.2. The number of hydrogen-bond donors (Lipinski definition) is 1. The summed E-state index contributed by atoms with van der Waals surface area (Å²) in [5.74, 6) is 0. The van der Waals surface area contributed by atoms with Crippen LogP contribution in [0.15, 0.2) is 53.4 Å². The van der Waals surface area contributed by atoms with Gasteiger partial charge in [0.25, 0.3) is 0 Å². The molecule has 0 saturated carbocycles. The molecule has 0 amide bonds. The second-order valence-electron chi connectivity index (χ2n) is 3.60. The first-order chi connectivity index (χ1) is 7.88. The highest BCUT2D eigenvalue weighted by molar-refractivity contribution is 7.94. The first-order valence-electron chi connectivity index (χ1n) is 4.98. The zero-order valence-corrected chi connectivity index (χ0v) is 9.24. The lowest BCUT2D eigenvalue weighted by atomic mass is 10.1. The minimum Gasteiger partial charge on any atom is -0.325 e. The summed E-state index contributed by atoms with van der Waals surface area (Å²) in [5, 5.41) is 2.09. The fraction of sp³-hybridized carbons (Fsp3) is 0. The van der Waals surface area contributed by atoms with Crippen molar-refractivity contribution < 1.29 is 4.55 Å². The molecule has 2 aromatic carbocycles. The van der Waals surface area contributed by atoms with E-state index in [9.17, 15) is 4.55 Å². The van der Waals surface area contributed by atoms with Crippen LogP contribution in [0.2, 0.25) is 0 Å². The number of benzene rings is 2. The van der Waals surface area contributed by atoms with Gasteiger partial charge in [0.05, 0.1) is 11.0 Å². The van der Waals surface area contributed by atoms with Crippen LogP contribution < -0.4 is 0 Å². The molecule has 0 atom stereocenters. The van der Waals surface area contributed by atoms with Gasteiger partial charge in [-0.1, -0.05) is 24.3 Å². The van der Waals surface area contributed by atoms with E-state index in [0.29, 0.717) is 0 Å². The smallest absolute Gasteiger partial charge is 0.0721 e. The zero-order valence-electron chi connectivity index (χ0n) is 8.42. The molecule has 1 N–H and O–H groups in total. The van der Waals surface area contributed by atoms with E-state index in [4.69, 9.17) is 0 Å². The average molecular weight is 227 g/mol. The molecule has 3 heteroatoms. The summed E-state index contributed by atoms with van der Waals surface area (Å²) < 4.78 is 9.20. The van der Waals surface area contributed by atoms with Crippen LogP contribution in [-0.2, 0) is 0 Å². The Balaban J connectivity index is 2.46. The normalized spacial score (nSPS) is 11.1. The highest BCUT2D eigenvalue weighted by Gasteiger charge is 2.03. The van der Waals surface area contributed by atoms with Gasteiger partial charge in [-0.3, -0.25) is 0 Å². The number of para-hydroxylation sites is 1. The third-order valence-corrected chi connectivity index (χ3v) is 3.17. The van der Waals surface area contributed by atoms with E-state index in [-0.39, 0.29) is 0 Å². The maximum absolute atomic E-state index is 9.20. The van der Waals surface area contributed by atoms with Crippen LogP contribution in [0.5, 0.6) is 0 Å². The van der Waals surface area contributed by atoms with E-state index in [0.717, 1.165) is 38.7 Å². The molecule has 0 radical (unpaired) electrons. The molecule has 0 spiro atoms. The van der Waals surface area contributed by atoms with E-state index < -0.39 is 0 Å². The van der Waals surface area contributed by atoms with Gasteiger partial charge in [-0.2, -0.15) is 0 Å². The lowest BCUT2D eigenvalue weighted by Gasteiger charge is -2.04. The Morgan fingerprint density at radius 2 is 1.75 bits per heavy atom. The number of fused-ring (bicyclic) bond motifs is 2. The largest absolute Gasteiger partial charge is 0.325 e. The maximum Gasteiger partial charge on any atom is 0.0721 e. The van der Waals surface area contributed by atoms with Gasteiger partial charge in [-0.05, 0) is 24.3 Å². The molecule has 0 unspecified atom stereocenters. The van der Waals surface area contributed by atoms with Crippen molar-refractivity contribution in [3.8, 4) is 0 Å². The van der Waals surface area contributed by atoms with Crippen LogP contribution in [0.4, 0.5) is 0 Å². The van der Waals surface area contributed by atoms with Gasteiger partial charge in [-0.25, -0.2) is 4.98 Å². The van der Waals surface area contributed by atoms with E-state index in [1.165, 1.54) is 0 Å². The molecule has 0 bridgehead atoms. The van der Waals surface area contributed by atoms with Gasteiger partial charge < -0.3 is 4.55 Å². The summed E-state index contributed by atoms with van der Waals surface area (Å²) in [5.41, 5.74) is 1.90. The fourth-order valence-corrected chi connectivity index (χ4v) is 2.25. The van der Waals surface area contributed by atoms with E-state index in [1.54, 1.807) is 0 Å². The van der Waals surface area contributed by atoms with Gasteiger partial charge >= 0.3 is 0 Å². The third-order valence-electron chi connectivity index (χ3n) is 2.62. The molecule has 78 valence electrons. The maximum atomic E-state index is 9.20. The summed E-state index contributed by atoms with van der Waals surface area (Å²) in [6.45, 7) is 0. The van der Waals surface area contributed by atoms with Crippen LogP contribution in [0.25, 0.3) is 21.8 Å². The Kier molecular flexibility index (Phi) is 2.27. The van der Waals surface area contributed by atoms with Crippen molar-refractivity contribution in [2.24, 2.45) is 0 Å². The second kappa shape index (κ2) is 3.77. The standard InChI is InChI=1S/C13H9NOS/c15-16-13-7-3-6-12-10(13)8-9-4-1-2-5-11(9)14-12/h1-8,15H. The lowest BCUT2D eigenvalue weighted by Crippen LogP contribution is -1.83. The molecule has 3 rings (SSSR count). The molecule has 1 heterocycles.